The molecule has 1 aliphatic heterocycles. The second-order valence-electron chi connectivity index (χ2n) is 7.34. The summed E-state index contributed by atoms with van der Waals surface area (Å²) in [5.74, 6) is 0. The van der Waals surface area contributed by atoms with Crippen LogP contribution in [-0.4, -0.2) is 55.0 Å². The van der Waals surface area contributed by atoms with Gasteiger partial charge in [-0.3, -0.25) is 0 Å². The highest BCUT2D eigenvalue weighted by Crippen LogP contribution is 2.28. The Balaban J connectivity index is 1.49. The minimum absolute atomic E-state index is 0.373. The van der Waals surface area contributed by atoms with Gasteiger partial charge in [-0.1, -0.05) is 36.4 Å². The molecule has 1 fully saturated rings. The molecule has 2 aromatic carbocycles. The number of rotatable bonds is 5. The van der Waals surface area contributed by atoms with Crippen LogP contribution < -0.4 is 9.80 Å². The highest BCUT2D eigenvalue weighted by Gasteiger charge is 2.25. The first-order chi connectivity index (χ1) is 12.8. The van der Waals surface area contributed by atoms with Crippen LogP contribution >= 0.6 is 0 Å². The van der Waals surface area contributed by atoms with Crippen molar-refractivity contribution in [3.05, 3.63) is 48.5 Å². The quantitative estimate of drug-likeness (QED) is 0.542. The number of piperazine rings is 1. The second-order valence-corrected chi connectivity index (χ2v) is 7.34. The molecule has 2 heterocycles. The number of aliphatic hydroxyl groups is 1. The molecule has 1 saturated heterocycles. The molecule has 0 aliphatic carbocycles. The monoisotopic (exact) mass is 350 g/mol. The van der Waals surface area contributed by atoms with Crippen molar-refractivity contribution >= 4 is 21.8 Å². The third kappa shape index (κ3) is 3.32. The minimum atomic E-state index is -0.373. The fourth-order valence-electron chi connectivity index (χ4n) is 4.26. The predicted octanol–water partition coefficient (Wildman–Crippen LogP) is -0.538. The normalized spacial score (nSPS) is 21.7. The van der Waals surface area contributed by atoms with Crippen LogP contribution in [0.25, 0.3) is 21.8 Å². The molecule has 26 heavy (non-hydrogen) atoms. The van der Waals surface area contributed by atoms with Crippen molar-refractivity contribution in [2.24, 2.45) is 0 Å². The van der Waals surface area contributed by atoms with E-state index < -0.39 is 0 Å². The van der Waals surface area contributed by atoms with E-state index in [9.17, 15) is 5.11 Å². The van der Waals surface area contributed by atoms with Gasteiger partial charge in [0.2, 0.25) is 0 Å². The van der Waals surface area contributed by atoms with Crippen molar-refractivity contribution in [3.63, 3.8) is 0 Å². The maximum atomic E-state index is 10.8. The fourth-order valence-corrected chi connectivity index (χ4v) is 4.26. The molecule has 0 unspecified atom stereocenters. The summed E-state index contributed by atoms with van der Waals surface area (Å²) in [6.07, 6.45) is -0.373. The number of para-hydroxylation sites is 2. The molecule has 3 N–H and O–H groups in total. The van der Waals surface area contributed by atoms with Gasteiger partial charge in [0.05, 0.1) is 6.54 Å². The van der Waals surface area contributed by atoms with Crippen molar-refractivity contribution in [3.8, 4) is 6.07 Å². The largest absolute Gasteiger partial charge is 0.385 e. The molecule has 134 valence electrons. The van der Waals surface area contributed by atoms with Crippen LogP contribution in [-0.2, 0) is 6.54 Å². The number of aliphatic hydroxyl groups excluding tert-OH is 1. The van der Waals surface area contributed by atoms with Gasteiger partial charge in [0, 0.05) is 21.8 Å². The van der Waals surface area contributed by atoms with Crippen LogP contribution in [0.4, 0.5) is 0 Å². The lowest BCUT2D eigenvalue weighted by Gasteiger charge is -2.29. The lowest BCUT2D eigenvalue weighted by atomic mass is 10.2. The summed E-state index contributed by atoms with van der Waals surface area (Å²) in [6.45, 7) is 6.07. The summed E-state index contributed by atoms with van der Waals surface area (Å²) < 4.78 is 2.26. The van der Waals surface area contributed by atoms with Crippen LogP contribution in [0.5, 0.6) is 0 Å². The smallest absolute Gasteiger partial charge is 0.165 e. The number of hydrogen-bond acceptors (Lipinski definition) is 2. The standard InChI is InChI=1S/C21H24N4O/c22-9-10-23-11-13-24(14-12-23)15-17(26)16-25-20-7-3-1-5-18(20)19-6-2-4-8-21(19)25/h1-8,17,26H,10-16H2/p+2/t17-/m0/s1. The van der Waals surface area contributed by atoms with Crippen molar-refractivity contribution in [2.75, 3.05) is 39.3 Å². The van der Waals surface area contributed by atoms with Crippen molar-refractivity contribution in [1.29, 1.82) is 5.26 Å². The summed E-state index contributed by atoms with van der Waals surface area (Å²) in [5, 5.41) is 22.1. The molecule has 0 saturated carbocycles. The van der Waals surface area contributed by atoms with E-state index in [1.54, 1.807) is 0 Å². The molecule has 1 aliphatic rings. The van der Waals surface area contributed by atoms with Gasteiger partial charge in [-0.05, 0) is 12.1 Å². The van der Waals surface area contributed by atoms with Crippen LogP contribution in [0, 0.1) is 11.3 Å². The van der Waals surface area contributed by atoms with Crippen molar-refractivity contribution < 1.29 is 14.9 Å². The molecule has 0 amide bonds. The molecule has 3 aromatic rings. The minimum Gasteiger partial charge on any atom is -0.385 e. The Kier molecular flexibility index (Phi) is 4.89. The SMILES string of the molecule is N#CC[NH+]1CC[NH+](C[C@H](O)Cn2c3ccccc3c3ccccc32)CC1. The van der Waals surface area contributed by atoms with E-state index in [-0.39, 0.29) is 6.10 Å². The zero-order valence-electron chi connectivity index (χ0n) is 15.0. The van der Waals surface area contributed by atoms with Gasteiger partial charge in [0.25, 0.3) is 0 Å². The van der Waals surface area contributed by atoms with Gasteiger partial charge in [0.1, 0.15) is 44.9 Å². The Hall–Kier alpha value is -2.39. The lowest BCUT2D eigenvalue weighted by molar-refractivity contribution is -1.01. The zero-order valence-corrected chi connectivity index (χ0v) is 15.0. The first kappa shape index (κ1) is 17.0. The zero-order chi connectivity index (χ0) is 17.9. The lowest BCUT2D eigenvalue weighted by Crippen LogP contribution is -3.28. The molecule has 0 bridgehead atoms. The average molecular weight is 350 g/mol. The van der Waals surface area contributed by atoms with Crippen LogP contribution in [0.1, 0.15) is 0 Å². The molecule has 5 nitrogen and oxygen atoms in total. The maximum Gasteiger partial charge on any atom is 0.165 e. The Labute approximate surface area is 153 Å². The summed E-state index contributed by atoms with van der Waals surface area (Å²) in [6, 6.07) is 19.1. The van der Waals surface area contributed by atoms with Crippen LogP contribution in [0.15, 0.2) is 48.5 Å². The summed E-state index contributed by atoms with van der Waals surface area (Å²) in [5.41, 5.74) is 2.37. The number of benzene rings is 2. The number of nitrogens with zero attached hydrogens (tertiary/aromatic N) is 2. The number of nitrogens with one attached hydrogen (secondary N) is 2. The van der Waals surface area contributed by atoms with Gasteiger partial charge in [-0.25, -0.2) is 0 Å². The second kappa shape index (κ2) is 7.46. The Morgan fingerprint density at radius 1 is 0.923 bits per heavy atom. The van der Waals surface area contributed by atoms with Crippen molar-refractivity contribution in [2.45, 2.75) is 12.6 Å². The molecular weight excluding hydrogens is 324 g/mol. The highest BCUT2D eigenvalue weighted by atomic mass is 16.3. The van der Waals surface area contributed by atoms with E-state index in [0.717, 1.165) is 32.7 Å². The summed E-state index contributed by atoms with van der Waals surface area (Å²) >= 11 is 0. The fraction of sp³-hybridized carbons (Fsp3) is 0.381. The van der Waals surface area contributed by atoms with Gasteiger partial charge in [0.15, 0.2) is 6.54 Å². The van der Waals surface area contributed by atoms with Gasteiger partial charge < -0.3 is 19.5 Å². The highest BCUT2D eigenvalue weighted by molar-refractivity contribution is 6.07. The molecular formula is C21H26N4O+2. The Bertz CT molecular complexity index is 881. The number of hydrogen-bond donors (Lipinski definition) is 3. The number of nitriles is 1. The predicted molar refractivity (Wildman–Crippen MR) is 102 cm³/mol. The summed E-state index contributed by atoms with van der Waals surface area (Å²) in [4.78, 5) is 2.81. The van der Waals surface area contributed by atoms with E-state index in [2.05, 4.69) is 59.2 Å². The van der Waals surface area contributed by atoms with Crippen LogP contribution in [0.3, 0.4) is 0 Å². The third-order valence-electron chi connectivity index (χ3n) is 5.59. The van der Waals surface area contributed by atoms with Gasteiger partial charge in [-0.15, -0.1) is 0 Å². The number of quaternary nitrogens is 2. The average Bonchev–Trinajstić information content (AvgIpc) is 2.98. The Morgan fingerprint density at radius 3 is 2.04 bits per heavy atom. The van der Waals surface area contributed by atoms with Crippen molar-refractivity contribution in [1.82, 2.24) is 4.57 Å². The first-order valence-corrected chi connectivity index (χ1v) is 9.44. The van der Waals surface area contributed by atoms with E-state index >= 15 is 0 Å². The first-order valence-electron chi connectivity index (χ1n) is 9.44. The number of aromatic nitrogens is 1. The molecule has 1 aromatic heterocycles. The maximum absolute atomic E-state index is 10.8. The van der Waals surface area contributed by atoms with E-state index in [1.807, 2.05) is 0 Å². The molecule has 5 heteroatoms. The molecule has 0 spiro atoms. The van der Waals surface area contributed by atoms with E-state index in [4.69, 9.17) is 5.26 Å². The van der Waals surface area contributed by atoms with E-state index in [0.29, 0.717) is 13.1 Å². The van der Waals surface area contributed by atoms with Crippen LogP contribution in [0.2, 0.25) is 0 Å². The van der Waals surface area contributed by atoms with Gasteiger partial charge >= 0.3 is 0 Å². The number of fused-ring (bicyclic) bond motifs is 3. The summed E-state index contributed by atoms with van der Waals surface area (Å²) in [7, 11) is 0. The Morgan fingerprint density at radius 2 is 1.46 bits per heavy atom. The van der Waals surface area contributed by atoms with Gasteiger partial charge in [-0.2, -0.15) is 5.26 Å². The molecule has 4 rings (SSSR count). The molecule has 1 atom stereocenters. The van der Waals surface area contributed by atoms with E-state index in [1.165, 1.54) is 31.6 Å². The third-order valence-corrected chi connectivity index (χ3v) is 5.59. The topological polar surface area (TPSA) is 57.8 Å². The molecule has 0 radical (unpaired) electrons.